The average molecular weight is 314 g/mol. The molecule has 2 aromatic rings. The fourth-order valence-electron chi connectivity index (χ4n) is 1.80. The number of carbonyl (C=O) groups is 1. The Morgan fingerprint density at radius 1 is 1.04 bits per heavy atom. The highest BCUT2D eigenvalue weighted by molar-refractivity contribution is 5.85. The van der Waals surface area contributed by atoms with Crippen LogP contribution in [0.1, 0.15) is 5.56 Å². The van der Waals surface area contributed by atoms with Crippen LogP contribution >= 0.6 is 0 Å². The zero-order valence-electron chi connectivity index (χ0n) is 13.0. The van der Waals surface area contributed by atoms with Crippen LogP contribution in [-0.4, -0.2) is 32.9 Å². The van der Waals surface area contributed by atoms with E-state index in [0.717, 1.165) is 11.3 Å². The highest BCUT2D eigenvalue weighted by atomic mass is 16.5. The van der Waals surface area contributed by atoms with Crippen LogP contribution in [0, 0.1) is 0 Å². The van der Waals surface area contributed by atoms with Crippen LogP contribution < -0.4 is 19.6 Å². The van der Waals surface area contributed by atoms with E-state index in [4.69, 9.17) is 14.2 Å². The second-order valence-corrected chi connectivity index (χ2v) is 4.50. The van der Waals surface area contributed by atoms with Gasteiger partial charge in [0.25, 0.3) is 5.91 Å². The summed E-state index contributed by atoms with van der Waals surface area (Å²) in [6.07, 6.45) is 1.52. The monoisotopic (exact) mass is 314 g/mol. The van der Waals surface area contributed by atoms with Crippen molar-refractivity contribution >= 4 is 12.1 Å². The van der Waals surface area contributed by atoms with Gasteiger partial charge < -0.3 is 14.2 Å². The van der Waals surface area contributed by atoms with Gasteiger partial charge in [0.15, 0.2) is 6.61 Å². The van der Waals surface area contributed by atoms with E-state index in [1.54, 1.807) is 38.5 Å². The van der Waals surface area contributed by atoms with Gasteiger partial charge in [0.2, 0.25) is 0 Å². The van der Waals surface area contributed by atoms with E-state index in [0.29, 0.717) is 11.5 Å². The molecule has 0 unspecified atom stereocenters. The molecule has 23 heavy (non-hydrogen) atoms. The Hall–Kier alpha value is -3.02. The van der Waals surface area contributed by atoms with Crippen LogP contribution in [0.2, 0.25) is 0 Å². The second kappa shape index (κ2) is 8.43. The summed E-state index contributed by atoms with van der Waals surface area (Å²) >= 11 is 0. The number of methoxy groups -OCH3 is 2. The highest BCUT2D eigenvalue weighted by Crippen LogP contribution is 2.17. The number of hydrogen-bond acceptors (Lipinski definition) is 5. The van der Waals surface area contributed by atoms with Crippen molar-refractivity contribution in [1.29, 1.82) is 0 Å². The van der Waals surface area contributed by atoms with Crippen molar-refractivity contribution in [2.75, 3.05) is 20.8 Å². The first-order valence-corrected chi connectivity index (χ1v) is 6.94. The van der Waals surface area contributed by atoms with Gasteiger partial charge in [-0.2, -0.15) is 5.10 Å². The van der Waals surface area contributed by atoms with E-state index in [2.05, 4.69) is 10.5 Å². The van der Waals surface area contributed by atoms with Crippen LogP contribution in [0.25, 0.3) is 0 Å². The van der Waals surface area contributed by atoms with Gasteiger partial charge in [0.1, 0.15) is 17.2 Å². The molecule has 6 nitrogen and oxygen atoms in total. The number of amides is 1. The maximum atomic E-state index is 11.7. The molecule has 0 aliphatic rings. The van der Waals surface area contributed by atoms with Gasteiger partial charge in [-0.1, -0.05) is 12.1 Å². The second-order valence-electron chi connectivity index (χ2n) is 4.50. The molecule has 2 aromatic carbocycles. The van der Waals surface area contributed by atoms with E-state index in [1.807, 2.05) is 24.3 Å². The minimum Gasteiger partial charge on any atom is -0.497 e. The molecule has 0 atom stereocenters. The molecule has 0 spiro atoms. The first kappa shape index (κ1) is 16.4. The summed E-state index contributed by atoms with van der Waals surface area (Å²) in [4.78, 5) is 11.7. The van der Waals surface area contributed by atoms with Crippen molar-refractivity contribution < 1.29 is 19.0 Å². The largest absolute Gasteiger partial charge is 0.497 e. The Bertz CT molecular complexity index is 669. The van der Waals surface area contributed by atoms with Gasteiger partial charge in [-0.05, 0) is 36.4 Å². The molecule has 0 heterocycles. The van der Waals surface area contributed by atoms with Gasteiger partial charge in [-0.15, -0.1) is 0 Å². The average Bonchev–Trinajstić information content (AvgIpc) is 2.61. The van der Waals surface area contributed by atoms with Crippen molar-refractivity contribution in [2.24, 2.45) is 5.10 Å². The Morgan fingerprint density at radius 3 is 2.43 bits per heavy atom. The zero-order valence-corrected chi connectivity index (χ0v) is 13.0. The Labute approximate surface area is 134 Å². The Kier molecular flexibility index (Phi) is 5.99. The third-order valence-corrected chi connectivity index (χ3v) is 2.96. The number of benzene rings is 2. The Morgan fingerprint density at radius 2 is 1.74 bits per heavy atom. The molecule has 0 aliphatic carbocycles. The molecule has 1 N–H and O–H groups in total. The number of nitrogens with one attached hydrogen (secondary N) is 1. The van der Waals surface area contributed by atoms with E-state index < -0.39 is 0 Å². The summed E-state index contributed by atoms with van der Waals surface area (Å²) in [5.41, 5.74) is 3.17. The highest BCUT2D eigenvalue weighted by Gasteiger charge is 2.02. The summed E-state index contributed by atoms with van der Waals surface area (Å²) < 4.78 is 15.6. The van der Waals surface area contributed by atoms with Gasteiger partial charge in [0.05, 0.1) is 20.4 Å². The molecule has 0 saturated heterocycles. The lowest BCUT2D eigenvalue weighted by atomic mass is 10.2. The molecular weight excluding hydrogens is 296 g/mol. The maximum Gasteiger partial charge on any atom is 0.277 e. The predicted molar refractivity (Wildman–Crippen MR) is 87.2 cm³/mol. The van der Waals surface area contributed by atoms with Gasteiger partial charge in [-0.3, -0.25) is 4.79 Å². The minimum absolute atomic E-state index is 0.129. The quantitative estimate of drug-likeness (QED) is 0.628. The molecule has 6 heteroatoms. The normalized spacial score (nSPS) is 10.3. The van der Waals surface area contributed by atoms with Gasteiger partial charge in [-0.25, -0.2) is 5.43 Å². The molecule has 0 aromatic heterocycles. The molecule has 2 rings (SSSR count). The third kappa shape index (κ3) is 5.03. The molecule has 0 bridgehead atoms. The van der Waals surface area contributed by atoms with Crippen LogP contribution in [0.15, 0.2) is 53.6 Å². The minimum atomic E-state index is -0.355. The maximum absolute atomic E-state index is 11.7. The zero-order chi connectivity index (χ0) is 16.5. The summed E-state index contributed by atoms with van der Waals surface area (Å²) in [5.74, 6) is 1.63. The summed E-state index contributed by atoms with van der Waals surface area (Å²) in [6, 6.07) is 14.3. The number of hydrazone groups is 1. The molecule has 1 amide bonds. The van der Waals surface area contributed by atoms with Crippen LogP contribution in [0.4, 0.5) is 0 Å². The lowest BCUT2D eigenvalue weighted by Gasteiger charge is -2.06. The smallest absolute Gasteiger partial charge is 0.277 e. The molecule has 0 aliphatic heterocycles. The molecule has 0 radical (unpaired) electrons. The molecule has 120 valence electrons. The SMILES string of the molecule is COc1ccc(OCC(=O)N/N=C\c2ccccc2OC)cc1. The number of rotatable bonds is 7. The Balaban J connectivity index is 1.81. The van der Waals surface area contributed by atoms with Crippen molar-refractivity contribution in [3.63, 3.8) is 0 Å². The number of para-hydroxylation sites is 1. The standard InChI is InChI=1S/C17H18N2O4/c1-21-14-7-9-15(10-8-14)23-12-17(20)19-18-11-13-5-3-4-6-16(13)22-2/h3-11H,12H2,1-2H3,(H,19,20)/b18-11-. The number of hydrogen-bond donors (Lipinski definition) is 1. The summed E-state index contributed by atoms with van der Waals surface area (Å²) in [5, 5.41) is 3.89. The predicted octanol–water partition coefficient (Wildman–Crippen LogP) is 2.23. The van der Waals surface area contributed by atoms with E-state index in [1.165, 1.54) is 6.21 Å². The van der Waals surface area contributed by atoms with E-state index in [-0.39, 0.29) is 12.5 Å². The van der Waals surface area contributed by atoms with Crippen LogP contribution in [-0.2, 0) is 4.79 Å². The van der Waals surface area contributed by atoms with Crippen molar-refractivity contribution in [3.05, 3.63) is 54.1 Å². The fraction of sp³-hybridized carbons (Fsp3) is 0.176. The van der Waals surface area contributed by atoms with Crippen molar-refractivity contribution in [2.45, 2.75) is 0 Å². The lowest BCUT2D eigenvalue weighted by Crippen LogP contribution is -2.24. The fourth-order valence-corrected chi connectivity index (χ4v) is 1.80. The van der Waals surface area contributed by atoms with Crippen LogP contribution in [0.5, 0.6) is 17.2 Å². The van der Waals surface area contributed by atoms with E-state index in [9.17, 15) is 4.79 Å². The van der Waals surface area contributed by atoms with Crippen molar-refractivity contribution in [1.82, 2.24) is 5.43 Å². The number of carbonyl (C=O) groups excluding carboxylic acids is 1. The third-order valence-electron chi connectivity index (χ3n) is 2.96. The first-order valence-electron chi connectivity index (χ1n) is 6.94. The number of nitrogens with zero attached hydrogens (tertiary/aromatic N) is 1. The molecule has 0 saturated carbocycles. The summed E-state index contributed by atoms with van der Waals surface area (Å²) in [6.45, 7) is -0.129. The lowest BCUT2D eigenvalue weighted by molar-refractivity contribution is -0.123. The first-order chi connectivity index (χ1) is 11.2. The number of ether oxygens (including phenoxy) is 3. The van der Waals surface area contributed by atoms with E-state index >= 15 is 0 Å². The van der Waals surface area contributed by atoms with Crippen LogP contribution in [0.3, 0.4) is 0 Å². The topological polar surface area (TPSA) is 69.2 Å². The molecule has 0 fully saturated rings. The van der Waals surface area contributed by atoms with Crippen molar-refractivity contribution in [3.8, 4) is 17.2 Å². The molecular formula is C17H18N2O4. The van der Waals surface area contributed by atoms with Gasteiger partial charge >= 0.3 is 0 Å². The van der Waals surface area contributed by atoms with Gasteiger partial charge in [0, 0.05) is 5.56 Å². The summed E-state index contributed by atoms with van der Waals surface area (Å²) in [7, 11) is 3.16.